The number of carbonyl (C=O) groups excluding carboxylic acids is 1. The largest absolute Gasteiger partial charge is 0.497 e. The van der Waals surface area contributed by atoms with Crippen molar-refractivity contribution >= 4 is 5.97 Å². The summed E-state index contributed by atoms with van der Waals surface area (Å²) in [6.07, 6.45) is 2.98. The molecule has 4 nitrogen and oxygen atoms in total. The number of benzene rings is 1. The Morgan fingerprint density at radius 2 is 1.79 bits per heavy atom. The van der Waals surface area contributed by atoms with Crippen LogP contribution < -0.4 is 9.47 Å². The van der Waals surface area contributed by atoms with E-state index in [1.54, 1.807) is 43.5 Å². The first-order valence-corrected chi connectivity index (χ1v) is 5.83. The van der Waals surface area contributed by atoms with Crippen LogP contribution in [0.5, 0.6) is 11.5 Å². The Labute approximate surface area is 113 Å². The molecule has 1 aromatic carbocycles. The zero-order chi connectivity index (χ0) is 14.3. The van der Waals surface area contributed by atoms with Gasteiger partial charge in [-0.3, -0.25) is 0 Å². The SMILES string of the molecule is C=C(C(=O)OC)[C@H](/C=C/C)Oc1ccc(OC)cc1. The highest BCUT2D eigenvalue weighted by Gasteiger charge is 2.18. The van der Waals surface area contributed by atoms with Crippen molar-refractivity contribution in [1.29, 1.82) is 0 Å². The van der Waals surface area contributed by atoms with Gasteiger partial charge in [0.25, 0.3) is 0 Å². The average Bonchev–Trinajstić information content (AvgIpc) is 2.46. The van der Waals surface area contributed by atoms with Crippen LogP contribution in [0.2, 0.25) is 0 Å². The third-order valence-electron chi connectivity index (χ3n) is 2.48. The number of allylic oxidation sites excluding steroid dienone is 1. The average molecular weight is 262 g/mol. The van der Waals surface area contributed by atoms with Crippen LogP contribution in [-0.4, -0.2) is 26.3 Å². The van der Waals surface area contributed by atoms with E-state index in [1.165, 1.54) is 7.11 Å². The molecule has 0 bridgehead atoms. The van der Waals surface area contributed by atoms with E-state index in [2.05, 4.69) is 11.3 Å². The normalized spacial score (nSPS) is 11.9. The molecule has 0 heterocycles. The molecule has 102 valence electrons. The molecule has 4 heteroatoms. The molecule has 0 unspecified atom stereocenters. The Morgan fingerprint density at radius 1 is 1.21 bits per heavy atom. The summed E-state index contributed by atoms with van der Waals surface area (Å²) in [5.41, 5.74) is 0.247. The molecule has 0 spiro atoms. The monoisotopic (exact) mass is 262 g/mol. The summed E-state index contributed by atoms with van der Waals surface area (Å²) >= 11 is 0. The van der Waals surface area contributed by atoms with Gasteiger partial charge in [-0.15, -0.1) is 0 Å². The van der Waals surface area contributed by atoms with E-state index >= 15 is 0 Å². The Hall–Kier alpha value is -2.23. The van der Waals surface area contributed by atoms with Crippen LogP contribution in [0.15, 0.2) is 48.6 Å². The number of hydrogen-bond acceptors (Lipinski definition) is 4. The van der Waals surface area contributed by atoms with Gasteiger partial charge >= 0.3 is 5.97 Å². The first kappa shape index (κ1) is 14.8. The molecule has 0 aliphatic carbocycles. The number of carbonyl (C=O) groups is 1. The first-order chi connectivity index (χ1) is 9.12. The predicted octanol–water partition coefficient (Wildman–Crippen LogP) is 2.75. The molecule has 0 aliphatic rings. The van der Waals surface area contributed by atoms with Gasteiger partial charge in [-0.05, 0) is 37.3 Å². The molecule has 0 fully saturated rings. The van der Waals surface area contributed by atoms with E-state index in [-0.39, 0.29) is 5.57 Å². The zero-order valence-electron chi connectivity index (χ0n) is 11.4. The van der Waals surface area contributed by atoms with Gasteiger partial charge in [0.2, 0.25) is 0 Å². The van der Waals surface area contributed by atoms with Crippen LogP contribution in [-0.2, 0) is 9.53 Å². The minimum atomic E-state index is -0.550. The zero-order valence-corrected chi connectivity index (χ0v) is 11.4. The molecule has 0 saturated carbocycles. The maximum Gasteiger partial charge on any atom is 0.337 e. The first-order valence-electron chi connectivity index (χ1n) is 5.83. The summed E-state index contributed by atoms with van der Waals surface area (Å²) in [4.78, 5) is 11.5. The van der Waals surface area contributed by atoms with Crippen LogP contribution in [0, 0.1) is 0 Å². The summed E-state index contributed by atoms with van der Waals surface area (Å²) < 4.78 is 15.4. The molecule has 0 aliphatic heterocycles. The van der Waals surface area contributed by atoms with Crippen molar-refractivity contribution in [1.82, 2.24) is 0 Å². The van der Waals surface area contributed by atoms with Crippen LogP contribution in [0.4, 0.5) is 0 Å². The van der Waals surface area contributed by atoms with E-state index in [4.69, 9.17) is 9.47 Å². The fraction of sp³-hybridized carbons (Fsp3) is 0.267. The highest BCUT2D eigenvalue weighted by molar-refractivity contribution is 5.89. The van der Waals surface area contributed by atoms with Crippen LogP contribution in [0.1, 0.15) is 6.92 Å². The summed E-state index contributed by atoms with van der Waals surface area (Å²) in [6, 6.07) is 7.09. The lowest BCUT2D eigenvalue weighted by Crippen LogP contribution is -2.22. The Morgan fingerprint density at radius 3 is 2.26 bits per heavy atom. The van der Waals surface area contributed by atoms with Crippen LogP contribution in [0.25, 0.3) is 0 Å². The fourth-order valence-electron chi connectivity index (χ4n) is 1.45. The lowest BCUT2D eigenvalue weighted by atomic mass is 10.1. The minimum Gasteiger partial charge on any atom is -0.497 e. The molecule has 0 radical (unpaired) electrons. The van der Waals surface area contributed by atoms with Crippen molar-refractivity contribution in [3.63, 3.8) is 0 Å². The topological polar surface area (TPSA) is 44.8 Å². The number of rotatable bonds is 6. The molecule has 0 aromatic heterocycles. The standard InChI is InChI=1S/C15H18O4/c1-5-6-14(11(2)15(16)18-4)19-13-9-7-12(17-3)8-10-13/h5-10,14H,2H2,1,3-4H3/b6-5+/t14-/m0/s1. The summed E-state index contributed by atoms with van der Waals surface area (Å²) in [7, 11) is 2.91. The summed E-state index contributed by atoms with van der Waals surface area (Å²) in [5.74, 6) is 0.868. The molecule has 19 heavy (non-hydrogen) atoms. The second kappa shape index (κ2) is 7.26. The van der Waals surface area contributed by atoms with Gasteiger partial charge in [-0.1, -0.05) is 12.7 Å². The number of ether oxygens (including phenoxy) is 3. The molecule has 0 saturated heterocycles. The summed E-state index contributed by atoms with van der Waals surface area (Å²) in [5, 5.41) is 0. The molecule has 0 amide bonds. The second-order valence-corrected chi connectivity index (χ2v) is 3.76. The van der Waals surface area contributed by atoms with E-state index in [9.17, 15) is 4.79 Å². The van der Waals surface area contributed by atoms with Crippen molar-refractivity contribution < 1.29 is 19.0 Å². The van der Waals surface area contributed by atoms with Crippen molar-refractivity contribution in [3.8, 4) is 11.5 Å². The van der Waals surface area contributed by atoms with Crippen LogP contribution >= 0.6 is 0 Å². The number of esters is 1. The highest BCUT2D eigenvalue weighted by atomic mass is 16.5. The molecular weight excluding hydrogens is 244 g/mol. The van der Waals surface area contributed by atoms with E-state index in [0.717, 1.165) is 5.75 Å². The second-order valence-electron chi connectivity index (χ2n) is 3.76. The molecule has 1 rings (SSSR count). The fourth-order valence-corrected chi connectivity index (χ4v) is 1.45. The van der Waals surface area contributed by atoms with Gasteiger partial charge < -0.3 is 14.2 Å². The van der Waals surface area contributed by atoms with E-state index in [1.807, 2.05) is 6.92 Å². The Bertz CT molecular complexity index is 460. The minimum absolute atomic E-state index is 0.247. The van der Waals surface area contributed by atoms with Crippen molar-refractivity contribution in [3.05, 3.63) is 48.6 Å². The van der Waals surface area contributed by atoms with Gasteiger partial charge in [0, 0.05) is 0 Å². The predicted molar refractivity (Wildman–Crippen MR) is 73.4 cm³/mol. The highest BCUT2D eigenvalue weighted by Crippen LogP contribution is 2.20. The number of hydrogen-bond donors (Lipinski definition) is 0. The maximum absolute atomic E-state index is 11.5. The summed E-state index contributed by atoms with van der Waals surface area (Å²) in [6.45, 7) is 5.54. The van der Waals surface area contributed by atoms with Crippen molar-refractivity contribution in [2.24, 2.45) is 0 Å². The Kier molecular flexibility index (Phi) is 5.67. The van der Waals surface area contributed by atoms with Gasteiger partial charge in [0.05, 0.1) is 19.8 Å². The third-order valence-corrected chi connectivity index (χ3v) is 2.48. The van der Waals surface area contributed by atoms with Gasteiger partial charge in [-0.2, -0.15) is 0 Å². The quantitative estimate of drug-likeness (QED) is 0.449. The molecule has 1 aromatic rings. The molecule has 1 atom stereocenters. The Balaban J connectivity index is 2.83. The van der Waals surface area contributed by atoms with E-state index < -0.39 is 12.1 Å². The van der Waals surface area contributed by atoms with Crippen molar-refractivity contribution in [2.75, 3.05) is 14.2 Å². The number of methoxy groups -OCH3 is 2. The smallest absolute Gasteiger partial charge is 0.337 e. The van der Waals surface area contributed by atoms with E-state index in [0.29, 0.717) is 5.75 Å². The maximum atomic E-state index is 11.5. The van der Waals surface area contributed by atoms with Gasteiger partial charge in [0.15, 0.2) is 0 Å². The lowest BCUT2D eigenvalue weighted by molar-refractivity contribution is -0.136. The lowest BCUT2D eigenvalue weighted by Gasteiger charge is -2.17. The molecule has 0 N–H and O–H groups in total. The molecular formula is C15H18O4. The third kappa shape index (κ3) is 4.17. The van der Waals surface area contributed by atoms with Crippen molar-refractivity contribution in [2.45, 2.75) is 13.0 Å². The van der Waals surface area contributed by atoms with Gasteiger partial charge in [-0.25, -0.2) is 4.79 Å². The van der Waals surface area contributed by atoms with Crippen LogP contribution in [0.3, 0.4) is 0 Å². The van der Waals surface area contributed by atoms with Gasteiger partial charge in [0.1, 0.15) is 17.6 Å².